The van der Waals surface area contributed by atoms with E-state index in [0.29, 0.717) is 79.7 Å². The van der Waals surface area contributed by atoms with E-state index >= 15 is 4.39 Å². The van der Waals surface area contributed by atoms with E-state index in [4.69, 9.17) is 4.74 Å². The Morgan fingerprint density at radius 1 is 1.15 bits per heavy atom. The normalized spacial score (nSPS) is 16.4. The average Bonchev–Trinajstić information content (AvgIpc) is 2.89. The van der Waals surface area contributed by atoms with Gasteiger partial charge >= 0.3 is 5.97 Å². The van der Waals surface area contributed by atoms with Gasteiger partial charge in [0, 0.05) is 29.3 Å². The summed E-state index contributed by atoms with van der Waals surface area (Å²) in [6.45, 7) is 3.64. The van der Waals surface area contributed by atoms with Gasteiger partial charge in [-0.1, -0.05) is 0 Å². The van der Waals surface area contributed by atoms with Crippen molar-refractivity contribution in [2.24, 2.45) is 5.41 Å². The van der Waals surface area contributed by atoms with Gasteiger partial charge in [-0.3, -0.25) is 9.78 Å². The second-order valence-electron chi connectivity index (χ2n) is 10.6. The minimum absolute atomic E-state index is 0.0382. The van der Waals surface area contributed by atoms with Crippen LogP contribution in [0.15, 0.2) is 36.5 Å². The number of carboxylic acid groups (broad SMARTS) is 1. The number of carboxylic acids is 1. The van der Waals surface area contributed by atoms with E-state index in [2.05, 4.69) is 9.88 Å². The van der Waals surface area contributed by atoms with E-state index in [0.717, 1.165) is 5.56 Å². The molecule has 2 aromatic carbocycles. The number of aromatic nitrogens is 1. The van der Waals surface area contributed by atoms with Gasteiger partial charge in [-0.15, -0.1) is 0 Å². The Hall–Kier alpha value is -3.20. The van der Waals surface area contributed by atoms with Gasteiger partial charge in [0.1, 0.15) is 29.4 Å². The summed E-state index contributed by atoms with van der Waals surface area (Å²) in [5.74, 6) is -3.01. The molecule has 1 N–H and O–H groups in total. The molecule has 0 radical (unpaired) electrons. The van der Waals surface area contributed by atoms with Crippen molar-refractivity contribution >= 4 is 16.9 Å². The number of nitrogens with zero attached hydrogens (tertiary/aromatic N) is 2. The van der Waals surface area contributed by atoms with Gasteiger partial charge in [0.05, 0.1) is 19.0 Å². The number of carbonyl (C=O) groups is 1. The first kappa shape index (κ1) is 28.8. The Bertz CT molecular complexity index is 1300. The minimum atomic E-state index is -1.29. The summed E-state index contributed by atoms with van der Waals surface area (Å²) in [7, 11) is 1.55. The van der Waals surface area contributed by atoms with Crippen LogP contribution in [0.1, 0.15) is 61.4 Å². The topological polar surface area (TPSA) is 62.7 Å². The highest BCUT2D eigenvalue weighted by Crippen LogP contribution is 2.43. The zero-order chi connectivity index (χ0) is 28.2. The Morgan fingerprint density at radius 2 is 1.85 bits per heavy atom. The molecule has 1 aliphatic heterocycles. The second-order valence-corrected chi connectivity index (χ2v) is 10.6. The fourth-order valence-corrected chi connectivity index (χ4v) is 5.79. The van der Waals surface area contributed by atoms with Crippen LogP contribution >= 0.6 is 0 Å². The van der Waals surface area contributed by atoms with Gasteiger partial charge in [0.15, 0.2) is 0 Å². The number of piperidine rings is 1. The van der Waals surface area contributed by atoms with Crippen molar-refractivity contribution in [2.75, 3.05) is 26.7 Å². The number of methoxy groups -OCH3 is 1. The van der Waals surface area contributed by atoms with E-state index in [1.165, 1.54) is 0 Å². The number of ether oxygens (including phenoxy) is 1. The van der Waals surface area contributed by atoms with Crippen LogP contribution in [0.4, 0.5) is 17.6 Å². The van der Waals surface area contributed by atoms with Crippen LogP contribution in [0, 0.1) is 29.8 Å². The zero-order valence-electron chi connectivity index (χ0n) is 22.3. The number of hydrogen-bond acceptors (Lipinski definition) is 4. The molecule has 0 saturated carbocycles. The van der Waals surface area contributed by atoms with E-state index < -0.39 is 35.0 Å². The highest BCUT2D eigenvalue weighted by atomic mass is 19.1. The lowest BCUT2D eigenvalue weighted by atomic mass is 9.71. The van der Waals surface area contributed by atoms with Gasteiger partial charge in [-0.05, 0) is 99.8 Å². The summed E-state index contributed by atoms with van der Waals surface area (Å²) in [5.41, 5.74) is 1.31. The van der Waals surface area contributed by atoms with Gasteiger partial charge < -0.3 is 14.7 Å². The third-order valence-corrected chi connectivity index (χ3v) is 8.01. The molecule has 0 amide bonds. The zero-order valence-corrected chi connectivity index (χ0v) is 22.3. The van der Waals surface area contributed by atoms with Gasteiger partial charge in [-0.2, -0.15) is 0 Å². The van der Waals surface area contributed by atoms with Crippen molar-refractivity contribution in [1.29, 1.82) is 0 Å². The molecule has 5 nitrogen and oxygen atoms in total. The van der Waals surface area contributed by atoms with Crippen LogP contribution in [0.3, 0.4) is 0 Å². The molecule has 0 spiro atoms. The van der Waals surface area contributed by atoms with Crippen molar-refractivity contribution < 1.29 is 32.2 Å². The van der Waals surface area contributed by atoms with Crippen LogP contribution in [-0.2, 0) is 11.2 Å². The first-order valence-electron chi connectivity index (χ1n) is 13.3. The molecule has 2 heterocycles. The molecule has 1 atom stereocenters. The van der Waals surface area contributed by atoms with Crippen molar-refractivity contribution in [3.05, 3.63) is 70.7 Å². The number of halogens is 4. The molecule has 9 heteroatoms. The molecular weight excluding hydrogens is 512 g/mol. The number of aliphatic carboxylic acids is 1. The molecule has 1 unspecified atom stereocenters. The smallest absolute Gasteiger partial charge is 0.303 e. The van der Waals surface area contributed by atoms with Crippen LogP contribution in [0.25, 0.3) is 10.9 Å². The summed E-state index contributed by atoms with van der Waals surface area (Å²) < 4.78 is 62.1. The quantitative estimate of drug-likeness (QED) is 0.264. The Morgan fingerprint density at radius 3 is 2.49 bits per heavy atom. The number of aryl methyl sites for hydroxylation is 1. The predicted octanol–water partition coefficient (Wildman–Crippen LogP) is 6.95. The van der Waals surface area contributed by atoms with Crippen LogP contribution in [-0.4, -0.2) is 47.7 Å². The van der Waals surface area contributed by atoms with E-state index in [9.17, 15) is 23.1 Å². The molecule has 210 valence electrons. The number of likely N-dealkylation sites (tertiary alicyclic amines) is 1. The fraction of sp³-hybridized carbons (Fsp3) is 0.467. The van der Waals surface area contributed by atoms with Gasteiger partial charge in [0.25, 0.3) is 0 Å². The Kier molecular flexibility index (Phi) is 9.10. The molecule has 1 saturated heterocycles. The lowest BCUT2D eigenvalue weighted by Gasteiger charge is -2.41. The third-order valence-electron chi connectivity index (χ3n) is 8.01. The highest BCUT2D eigenvalue weighted by molar-refractivity contribution is 5.85. The first-order chi connectivity index (χ1) is 18.6. The summed E-state index contributed by atoms with van der Waals surface area (Å²) in [6, 6.07) is 6.73. The third kappa shape index (κ3) is 6.87. The van der Waals surface area contributed by atoms with Crippen molar-refractivity contribution in [3.8, 4) is 5.75 Å². The van der Waals surface area contributed by atoms with E-state index in [-0.39, 0.29) is 24.8 Å². The molecule has 1 aromatic heterocycles. The van der Waals surface area contributed by atoms with Crippen molar-refractivity contribution in [1.82, 2.24) is 9.88 Å². The summed E-state index contributed by atoms with van der Waals surface area (Å²) in [5, 5.41) is 10.3. The Labute approximate surface area is 225 Å². The lowest BCUT2D eigenvalue weighted by molar-refractivity contribution is -0.141. The molecule has 4 rings (SSSR count). The monoisotopic (exact) mass is 546 g/mol. The highest BCUT2D eigenvalue weighted by Gasteiger charge is 2.37. The maximum absolute atomic E-state index is 15.8. The molecule has 1 aliphatic rings. The number of fused-ring (bicyclic) bond motifs is 1. The number of benzene rings is 2. The molecule has 1 fully saturated rings. The average molecular weight is 547 g/mol. The standard InChI is InChI=1S/C30H34F4N2O3/c1-19-18-35-27-6-5-21(39-2)16-23(27)29(19)24(32)7-8-30(17-28(37)38)9-12-36(13-10-30)11-3-4-22-25(33)14-20(31)15-26(22)34/h5-6,14-16,18,24H,3-4,7-13,17H2,1-2H3,(H,37,38). The lowest BCUT2D eigenvalue weighted by Crippen LogP contribution is -2.41. The molecule has 39 heavy (non-hydrogen) atoms. The number of rotatable bonds is 11. The largest absolute Gasteiger partial charge is 0.497 e. The first-order valence-corrected chi connectivity index (χ1v) is 13.3. The summed E-state index contributed by atoms with van der Waals surface area (Å²) in [4.78, 5) is 18.3. The fourth-order valence-electron chi connectivity index (χ4n) is 5.79. The number of alkyl halides is 1. The maximum Gasteiger partial charge on any atom is 0.303 e. The van der Waals surface area contributed by atoms with Crippen molar-refractivity contribution in [2.45, 2.75) is 58.0 Å². The number of pyridine rings is 1. The van der Waals surface area contributed by atoms with E-state index in [1.54, 1.807) is 31.5 Å². The SMILES string of the molecule is COc1ccc2ncc(C)c(C(F)CCC3(CC(=O)O)CCN(CCCc4c(F)cc(F)cc4F)CC3)c2c1. The van der Waals surface area contributed by atoms with Crippen LogP contribution in [0.2, 0.25) is 0 Å². The van der Waals surface area contributed by atoms with Gasteiger partial charge in [0.2, 0.25) is 0 Å². The Balaban J connectivity index is 1.39. The van der Waals surface area contributed by atoms with Gasteiger partial charge in [-0.25, -0.2) is 17.6 Å². The number of hydrogen-bond donors (Lipinski definition) is 1. The molecule has 0 bridgehead atoms. The van der Waals surface area contributed by atoms with E-state index in [1.807, 2.05) is 6.92 Å². The minimum Gasteiger partial charge on any atom is -0.497 e. The molecule has 3 aromatic rings. The predicted molar refractivity (Wildman–Crippen MR) is 141 cm³/mol. The van der Waals surface area contributed by atoms with Crippen LogP contribution < -0.4 is 4.74 Å². The van der Waals surface area contributed by atoms with Crippen molar-refractivity contribution in [3.63, 3.8) is 0 Å². The van der Waals surface area contributed by atoms with Crippen LogP contribution in [0.5, 0.6) is 5.75 Å². The summed E-state index contributed by atoms with van der Waals surface area (Å²) >= 11 is 0. The maximum atomic E-state index is 15.8. The summed E-state index contributed by atoms with van der Waals surface area (Å²) in [6.07, 6.45) is 2.76. The second kappa shape index (κ2) is 12.3. The molecule has 0 aliphatic carbocycles. The molecular formula is C30H34F4N2O3.